The second-order valence-corrected chi connectivity index (χ2v) is 6.57. The molecule has 1 fully saturated rings. The van der Waals surface area contributed by atoms with E-state index in [0.29, 0.717) is 28.8 Å². The number of H-pyrrole nitrogens is 1. The van der Waals surface area contributed by atoms with Crippen LogP contribution in [0.4, 0.5) is 0 Å². The molecule has 1 atom stereocenters. The molecule has 1 aromatic carbocycles. The number of pyridine rings is 1. The molecule has 120 valence electrons. The Morgan fingerprint density at radius 1 is 1.35 bits per heavy atom. The van der Waals surface area contributed by atoms with E-state index in [2.05, 4.69) is 4.98 Å². The minimum absolute atomic E-state index is 0.0835. The number of carbonyl (C=O) groups excluding carboxylic acids is 1. The second-order valence-electron chi connectivity index (χ2n) is 5.42. The fourth-order valence-electron chi connectivity index (χ4n) is 2.83. The van der Waals surface area contributed by atoms with Crippen LogP contribution in [0.25, 0.3) is 10.9 Å². The van der Waals surface area contributed by atoms with Crippen LogP contribution in [0.15, 0.2) is 35.1 Å². The molecule has 2 heterocycles. The summed E-state index contributed by atoms with van der Waals surface area (Å²) in [5.41, 5.74) is 0.587. The Balaban J connectivity index is 2.02. The molecular formula is C16H16N2O4S. The van der Waals surface area contributed by atoms with Gasteiger partial charge >= 0.3 is 5.97 Å². The number of aromatic amines is 1. The third kappa shape index (κ3) is 3.24. The Hall–Kier alpha value is -2.28. The minimum atomic E-state index is -0.925. The van der Waals surface area contributed by atoms with E-state index in [0.717, 1.165) is 5.75 Å². The maximum atomic E-state index is 12.9. The molecule has 0 radical (unpaired) electrons. The predicted octanol–water partition coefficient (Wildman–Crippen LogP) is 1.56. The lowest BCUT2D eigenvalue weighted by molar-refractivity contribution is -0.138. The van der Waals surface area contributed by atoms with Crippen molar-refractivity contribution in [2.75, 3.05) is 18.1 Å². The lowest BCUT2D eigenvalue weighted by Crippen LogP contribution is -2.47. The predicted molar refractivity (Wildman–Crippen MR) is 89.0 cm³/mol. The topological polar surface area (TPSA) is 90.5 Å². The quantitative estimate of drug-likeness (QED) is 0.890. The zero-order chi connectivity index (χ0) is 16.4. The molecule has 1 aliphatic rings. The molecule has 0 bridgehead atoms. The molecule has 1 amide bonds. The van der Waals surface area contributed by atoms with Gasteiger partial charge in [0.05, 0.1) is 18.0 Å². The molecule has 0 spiro atoms. The van der Waals surface area contributed by atoms with Gasteiger partial charge in [0.1, 0.15) is 0 Å². The summed E-state index contributed by atoms with van der Waals surface area (Å²) < 4.78 is 0. The largest absolute Gasteiger partial charge is 0.481 e. The van der Waals surface area contributed by atoms with Crippen LogP contribution in [0.3, 0.4) is 0 Å². The van der Waals surface area contributed by atoms with Crippen molar-refractivity contribution in [1.29, 1.82) is 0 Å². The van der Waals surface area contributed by atoms with Gasteiger partial charge in [-0.05, 0) is 6.07 Å². The summed E-state index contributed by atoms with van der Waals surface area (Å²) in [7, 11) is 0. The van der Waals surface area contributed by atoms with Crippen LogP contribution >= 0.6 is 11.8 Å². The highest BCUT2D eigenvalue weighted by Crippen LogP contribution is 2.23. The highest BCUT2D eigenvalue weighted by molar-refractivity contribution is 7.99. The maximum absolute atomic E-state index is 12.9. The van der Waals surface area contributed by atoms with Crippen molar-refractivity contribution in [1.82, 2.24) is 9.88 Å². The number of benzene rings is 1. The van der Waals surface area contributed by atoms with Crippen LogP contribution in [-0.4, -0.2) is 51.0 Å². The Morgan fingerprint density at radius 2 is 2.13 bits per heavy atom. The summed E-state index contributed by atoms with van der Waals surface area (Å²) in [6, 6.07) is 8.06. The van der Waals surface area contributed by atoms with E-state index in [4.69, 9.17) is 5.11 Å². The molecule has 3 rings (SSSR count). The van der Waals surface area contributed by atoms with Gasteiger partial charge in [0, 0.05) is 35.0 Å². The van der Waals surface area contributed by atoms with Gasteiger partial charge in [0.25, 0.3) is 5.91 Å². The Kier molecular flexibility index (Phi) is 4.38. The first-order chi connectivity index (χ1) is 11.1. The first-order valence-corrected chi connectivity index (χ1v) is 8.44. The molecule has 1 unspecified atom stereocenters. The SMILES string of the molecule is O=C(O)CC1CSCCN1C(=O)c1cc(=O)[nH]c2ccccc12. The van der Waals surface area contributed by atoms with Crippen LogP contribution in [-0.2, 0) is 4.79 Å². The summed E-state index contributed by atoms with van der Waals surface area (Å²) in [5, 5.41) is 9.72. The van der Waals surface area contributed by atoms with E-state index in [1.165, 1.54) is 6.07 Å². The van der Waals surface area contributed by atoms with E-state index in [1.807, 2.05) is 0 Å². The van der Waals surface area contributed by atoms with E-state index < -0.39 is 5.97 Å². The number of thioether (sulfide) groups is 1. The monoisotopic (exact) mass is 332 g/mol. The number of rotatable bonds is 3. The lowest BCUT2D eigenvalue weighted by Gasteiger charge is -2.34. The van der Waals surface area contributed by atoms with Gasteiger partial charge < -0.3 is 15.0 Å². The highest BCUT2D eigenvalue weighted by atomic mass is 32.2. The number of nitrogens with one attached hydrogen (secondary N) is 1. The standard InChI is InChI=1S/C16H16N2O4S/c19-14-8-12(11-3-1-2-4-13(11)17-14)16(22)18-5-6-23-9-10(18)7-15(20)21/h1-4,8,10H,5-7,9H2,(H,17,19)(H,20,21). The molecule has 7 heteroatoms. The van der Waals surface area contributed by atoms with E-state index in [9.17, 15) is 14.4 Å². The van der Waals surface area contributed by atoms with Gasteiger partial charge in [0.15, 0.2) is 0 Å². The molecule has 2 N–H and O–H groups in total. The molecule has 1 saturated heterocycles. The molecule has 6 nitrogen and oxygen atoms in total. The lowest BCUT2D eigenvalue weighted by atomic mass is 10.1. The summed E-state index contributed by atoms with van der Waals surface area (Å²) in [6.07, 6.45) is -0.0835. The van der Waals surface area contributed by atoms with Gasteiger partial charge in [-0.15, -0.1) is 0 Å². The number of fused-ring (bicyclic) bond motifs is 1. The average Bonchev–Trinajstić information content (AvgIpc) is 2.53. The van der Waals surface area contributed by atoms with Crippen LogP contribution in [0.2, 0.25) is 0 Å². The summed E-state index contributed by atoms with van der Waals surface area (Å²) in [4.78, 5) is 40.1. The minimum Gasteiger partial charge on any atom is -0.481 e. The highest BCUT2D eigenvalue weighted by Gasteiger charge is 2.30. The molecule has 23 heavy (non-hydrogen) atoms. The molecule has 0 aliphatic carbocycles. The number of nitrogens with zero attached hydrogens (tertiary/aromatic N) is 1. The van der Waals surface area contributed by atoms with E-state index in [1.54, 1.807) is 40.9 Å². The van der Waals surface area contributed by atoms with Crippen molar-refractivity contribution in [3.8, 4) is 0 Å². The number of carboxylic acid groups (broad SMARTS) is 1. The number of para-hydroxylation sites is 1. The number of hydrogen-bond acceptors (Lipinski definition) is 4. The zero-order valence-electron chi connectivity index (χ0n) is 12.3. The maximum Gasteiger partial charge on any atom is 0.305 e. The Labute approximate surface area is 136 Å². The number of aromatic nitrogens is 1. The molecule has 1 aromatic heterocycles. The third-order valence-corrected chi connectivity index (χ3v) is 4.97. The first kappa shape index (κ1) is 15.6. The van der Waals surface area contributed by atoms with Crippen LogP contribution in [0.5, 0.6) is 0 Å². The fourth-order valence-corrected chi connectivity index (χ4v) is 3.89. The van der Waals surface area contributed by atoms with Crippen molar-refractivity contribution < 1.29 is 14.7 Å². The summed E-state index contributed by atoms with van der Waals surface area (Å²) in [5.74, 6) is 0.159. The second kappa shape index (κ2) is 6.45. The van der Waals surface area contributed by atoms with Crippen molar-refractivity contribution in [3.05, 3.63) is 46.2 Å². The molecule has 1 aliphatic heterocycles. The first-order valence-electron chi connectivity index (χ1n) is 7.29. The fraction of sp³-hybridized carbons (Fsp3) is 0.312. The van der Waals surface area contributed by atoms with Crippen molar-refractivity contribution in [2.24, 2.45) is 0 Å². The third-order valence-electron chi connectivity index (χ3n) is 3.88. The van der Waals surface area contributed by atoms with Gasteiger partial charge in [-0.3, -0.25) is 14.4 Å². The normalized spacial score (nSPS) is 18.1. The van der Waals surface area contributed by atoms with Crippen LogP contribution in [0, 0.1) is 0 Å². The Morgan fingerprint density at radius 3 is 2.91 bits per heavy atom. The van der Waals surface area contributed by atoms with Gasteiger partial charge in [-0.1, -0.05) is 18.2 Å². The number of carbonyl (C=O) groups is 2. The average molecular weight is 332 g/mol. The number of hydrogen-bond donors (Lipinski definition) is 2. The molecular weight excluding hydrogens is 316 g/mol. The van der Waals surface area contributed by atoms with Gasteiger partial charge in [-0.2, -0.15) is 11.8 Å². The molecule has 2 aromatic rings. The summed E-state index contributed by atoms with van der Waals surface area (Å²) in [6.45, 7) is 0.489. The van der Waals surface area contributed by atoms with Crippen molar-refractivity contribution in [3.63, 3.8) is 0 Å². The molecule has 0 saturated carbocycles. The number of carboxylic acids is 1. The van der Waals surface area contributed by atoms with Crippen molar-refractivity contribution >= 4 is 34.5 Å². The zero-order valence-corrected chi connectivity index (χ0v) is 13.1. The van der Waals surface area contributed by atoms with Gasteiger partial charge in [-0.25, -0.2) is 0 Å². The van der Waals surface area contributed by atoms with Crippen LogP contribution in [0.1, 0.15) is 16.8 Å². The Bertz CT molecular complexity index is 817. The van der Waals surface area contributed by atoms with Gasteiger partial charge in [0.2, 0.25) is 5.56 Å². The van der Waals surface area contributed by atoms with E-state index in [-0.39, 0.29) is 23.9 Å². The smallest absolute Gasteiger partial charge is 0.305 e. The number of aliphatic carboxylic acids is 1. The van der Waals surface area contributed by atoms with Crippen molar-refractivity contribution in [2.45, 2.75) is 12.5 Å². The number of amides is 1. The summed E-state index contributed by atoms with van der Waals surface area (Å²) >= 11 is 1.64. The van der Waals surface area contributed by atoms with Crippen LogP contribution < -0.4 is 5.56 Å². The van der Waals surface area contributed by atoms with E-state index >= 15 is 0 Å².